The van der Waals surface area contributed by atoms with Gasteiger partial charge in [-0.25, -0.2) is 14.9 Å². The molecule has 5 rings (SSSR count). The molecule has 2 amide bonds. The molecule has 0 saturated heterocycles. The lowest BCUT2D eigenvalue weighted by molar-refractivity contribution is 0.262. The number of urea groups is 1. The van der Waals surface area contributed by atoms with Crippen molar-refractivity contribution >= 4 is 23.4 Å². The molecule has 0 saturated carbocycles. The fraction of sp³-hybridized carbons (Fsp3) is 0.185. The Morgan fingerprint density at radius 2 is 1.79 bits per heavy atom. The lowest BCUT2D eigenvalue weighted by Crippen LogP contribution is -2.25. The van der Waals surface area contributed by atoms with Crippen LogP contribution in [0.2, 0.25) is 0 Å². The Morgan fingerprint density at radius 3 is 2.50 bits per heavy atom. The highest BCUT2D eigenvalue weighted by Gasteiger charge is 2.17. The first-order valence-electron chi connectivity index (χ1n) is 12.2. The molecular formula is C27H27N9O2. The third kappa shape index (κ3) is 5.84. The van der Waals surface area contributed by atoms with Crippen molar-refractivity contribution in [2.75, 3.05) is 22.1 Å². The number of tetrazole rings is 1. The van der Waals surface area contributed by atoms with E-state index < -0.39 is 6.03 Å². The number of carbonyl (C=O) groups is 1. The fourth-order valence-corrected chi connectivity index (χ4v) is 4.13. The Hall–Kier alpha value is -5.06. The zero-order valence-corrected chi connectivity index (χ0v) is 21.0. The molecule has 3 aromatic heterocycles. The summed E-state index contributed by atoms with van der Waals surface area (Å²) in [6, 6.07) is 22.8. The number of benzene rings is 2. The van der Waals surface area contributed by atoms with Gasteiger partial charge in [-0.1, -0.05) is 66.7 Å². The predicted molar refractivity (Wildman–Crippen MR) is 145 cm³/mol. The Bertz CT molecular complexity index is 1500. The summed E-state index contributed by atoms with van der Waals surface area (Å²) >= 11 is 0. The Balaban J connectivity index is 1.54. The third-order valence-electron chi connectivity index (χ3n) is 5.78. The number of H-pyrrole nitrogens is 1. The number of pyridine rings is 1. The molecule has 0 bridgehead atoms. The molecule has 11 heteroatoms. The van der Waals surface area contributed by atoms with Gasteiger partial charge in [0, 0.05) is 42.0 Å². The van der Waals surface area contributed by atoms with Crippen LogP contribution >= 0.6 is 0 Å². The summed E-state index contributed by atoms with van der Waals surface area (Å²) in [4.78, 5) is 20.0. The molecule has 3 heterocycles. The monoisotopic (exact) mass is 509 g/mol. The molecule has 0 spiro atoms. The maximum absolute atomic E-state index is 12.8. The Labute approximate surface area is 219 Å². The zero-order valence-electron chi connectivity index (χ0n) is 21.0. The van der Waals surface area contributed by atoms with Gasteiger partial charge in [0.05, 0.1) is 5.69 Å². The van der Waals surface area contributed by atoms with E-state index in [2.05, 4.69) is 60.4 Å². The summed E-state index contributed by atoms with van der Waals surface area (Å²) in [5.74, 6) is 2.18. The van der Waals surface area contributed by atoms with Crippen molar-refractivity contribution in [2.45, 2.75) is 26.8 Å². The number of anilines is 3. The summed E-state index contributed by atoms with van der Waals surface area (Å²) < 4.78 is 5.05. The standard InChI is InChI=1S/C27H27N9O2/c1-3-13-36(17-19-9-5-4-6-10-19)25-16-20(28-27(37)30-24-14-18(2)38-33-24)15-23(29-25)21-11-7-8-12-22(21)26-31-34-35-32-26/h4-12,14-16H,3,13,17H2,1-2H3,(H,31,32,34,35)(H2,28,29,30,33,37). The number of aromatic amines is 1. The predicted octanol–water partition coefficient (Wildman–Crippen LogP) is 5.29. The largest absolute Gasteiger partial charge is 0.360 e. The Morgan fingerprint density at radius 1 is 1.00 bits per heavy atom. The second-order valence-electron chi connectivity index (χ2n) is 8.70. The smallest absolute Gasteiger partial charge is 0.324 e. The van der Waals surface area contributed by atoms with Crippen LogP contribution in [-0.2, 0) is 6.54 Å². The van der Waals surface area contributed by atoms with Crippen molar-refractivity contribution < 1.29 is 9.32 Å². The zero-order chi connectivity index (χ0) is 26.3. The minimum atomic E-state index is -0.445. The summed E-state index contributed by atoms with van der Waals surface area (Å²) in [5, 5.41) is 23.8. The van der Waals surface area contributed by atoms with Crippen molar-refractivity contribution in [2.24, 2.45) is 0 Å². The van der Waals surface area contributed by atoms with E-state index in [1.165, 1.54) is 0 Å². The molecular weight excluding hydrogens is 482 g/mol. The van der Waals surface area contributed by atoms with E-state index in [1.807, 2.05) is 54.6 Å². The average molecular weight is 510 g/mol. The molecule has 5 aromatic rings. The highest BCUT2D eigenvalue weighted by Crippen LogP contribution is 2.32. The highest BCUT2D eigenvalue weighted by molar-refractivity contribution is 6.00. The van der Waals surface area contributed by atoms with E-state index in [1.54, 1.807) is 13.0 Å². The summed E-state index contributed by atoms with van der Waals surface area (Å²) in [5.41, 5.74) is 4.01. The van der Waals surface area contributed by atoms with Crippen LogP contribution < -0.4 is 15.5 Å². The van der Waals surface area contributed by atoms with Crippen LogP contribution in [0, 0.1) is 6.92 Å². The molecule has 0 aliphatic heterocycles. The number of carbonyl (C=O) groups excluding carboxylic acids is 1. The molecule has 0 unspecified atom stereocenters. The maximum atomic E-state index is 12.8. The van der Waals surface area contributed by atoms with E-state index in [0.29, 0.717) is 35.3 Å². The van der Waals surface area contributed by atoms with Crippen LogP contribution in [-0.4, -0.2) is 43.3 Å². The molecule has 0 aliphatic carbocycles. The van der Waals surface area contributed by atoms with Gasteiger partial charge in [0.2, 0.25) is 0 Å². The van der Waals surface area contributed by atoms with Crippen molar-refractivity contribution in [3.05, 3.63) is 84.1 Å². The number of hydrogen-bond donors (Lipinski definition) is 3. The number of nitrogens with one attached hydrogen (secondary N) is 3. The van der Waals surface area contributed by atoms with E-state index in [-0.39, 0.29) is 0 Å². The van der Waals surface area contributed by atoms with Crippen molar-refractivity contribution in [3.8, 4) is 22.6 Å². The minimum absolute atomic E-state index is 0.328. The highest BCUT2D eigenvalue weighted by atomic mass is 16.5. The van der Waals surface area contributed by atoms with Crippen molar-refractivity contribution in [1.82, 2.24) is 30.8 Å². The fourth-order valence-electron chi connectivity index (χ4n) is 4.13. The first kappa shape index (κ1) is 24.6. The third-order valence-corrected chi connectivity index (χ3v) is 5.78. The average Bonchev–Trinajstić information content (AvgIpc) is 3.61. The van der Waals surface area contributed by atoms with E-state index in [4.69, 9.17) is 9.51 Å². The number of hydrogen-bond acceptors (Lipinski definition) is 8. The van der Waals surface area contributed by atoms with Crippen LogP contribution in [0.3, 0.4) is 0 Å². The van der Waals surface area contributed by atoms with Crippen LogP contribution in [0.25, 0.3) is 22.6 Å². The molecule has 2 aromatic carbocycles. The van der Waals surface area contributed by atoms with Gasteiger partial charge in [0.25, 0.3) is 0 Å². The normalized spacial score (nSPS) is 10.8. The lowest BCUT2D eigenvalue weighted by atomic mass is 10.0. The topological polar surface area (TPSA) is 138 Å². The Kier molecular flexibility index (Phi) is 7.34. The van der Waals surface area contributed by atoms with Crippen LogP contribution in [0.15, 0.2) is 77.3 Å². The first-order valence-corrected chi connectivity index (χ1v) is 12.2. The van der Waals surface area contributed by atoms with Gasteiger partial charge in [-0.3, -0.25) is 5.32 Å². The van der Waals surface area contributed by atoms with E-state index >= 15 is 0 Å². The molecule has 38 heavy (non-hydrogen) atoms. The first-order chi connectivity index (χ1) is 18.6. The number of aryl methyl sites for hydroxylation is 1. The number of rotatable bonds is 9. The molecule has 0 aliphatic rings. The van der Waals surface area contributed by atoms with Gasteiger partial charge in [-0.05, 0) is 35.4 Å². The van der Waals surface area contributed by atoms with Crippen molar-refractivity contribution in [1.29, 1.82) is 0 Å². The van der Waals surface area contributed by atoms with Gasteiger partial charge in [-0.15, -0.1) is 5.10 Å². The van der Waals surface area contributed by atoms with Crippen molar-refractivity contribution in [3.63, 3.8) is 0 Å². The van der Waals surface area contributed by atoms with Gasteiger partial charge >= 0.3 is 6.03 Å². The number of aromatic nitrogens is 6. The second kappa shape index (κ2) is 11.3. The number of nitrogens with zero attached hydrogens (tertiary/aromatic N) is 6. The van der Waals surface area contributed by atoms with Gasteiger partial charge in [0.15, 0.2) is 11.6 Å². The van der Waals surface area contributed by atoms with Gasteiger partial charge in [0.1, 0.15) is 11.6 Å². The molecule has 3 N–H and O–H groups in total. The van der Waals surface area contributed by atoms with Gasteiger partial charge in [-0.2, -0.15) is 0 Å². The summed E-state index contributed by atoms with van der Waals surface area (Å²) in [6.07, 6.45) is 0.924. The molecule has 0 radical (unpaired) electrons. The summed E-state index contributed by atoms with van der Waals surface area (Å²) in [7, 11) is 0. The molecule has 11 nitrogen and oxygen atoms in total. The number of amides is 2. The molecule has 192 valence electrons. The molecule has 0 fully saturated rings. The second-order valence-corrected chi connectivity index (χ2v) is 8.70. The minimum Gasteiger partial charge on any atom is -0.360 e. The van der Waals surface area contributed by atoms with E-state index in [9.17, 15) is 4.79 Å². The maximum Gasteiger partial charge on any atom is 0.324 e. The van der Waals surface area contributed by atoms with Crippen LogP contribution in [0.4, 0.5) is 22.1 Å². The van der Waals surface area contributed by atoms with Crippen LogP contribution in [0.1, 0.15) is 24.7 Å². The van der Waals surface area contributed by atoms with Crippen LogP contribution in [0.5, 0.6) is 0 Å². The lowest BCUT2D eigenvalue weighted by Gasteiger charge is -2.25. The molecule has 0 atom stereocenters. The quantitative estimate of drug-likeness (QED) is 0.244. The SMILES string of the molecule is CCCN(Cc1ccccc1)c1cc(NC(=O)Nc2cc(C)on2)cc(-c2ccccc2-c2nnn[nH]2)n1. The summed E-state index contributed by atoms with van der Waals surface area (Å²) in [6.45, 7) is 5.33. The van der Waals surface area contributed by atoms with E-state index in [0.717, 1.165) is 35.5 Å². The van der Waals surface area contributed by atoms with Gasteiger partial charge < -0.3 is 14.7 Å².